The number of nitrogens with zero attached hydrogens (tertiary/aromatic N) is 2. The first kappa shape index (κ1) is 23.0. The fourth-order valence-electron chi connectivity index (χ4n) is 3.82. The van der Waals surface area contributed by atoms with Gasteiger partial charge in [-0.25, -0.2) is 23.0 Å². The molecule has 0 atom stereocenters. The number of carbonyl (C=O) groups is 2. The van der Waals surface area contributed by atoms with Crippen LogP contribution in [0.3, 0.4) is 0 Å². The standard InChI is InChI=1S/C27H18N2O6S/c30-26(31)18-14-16-20(17-15-18)36(33,34)29(19-8-2-1-3-9-19)27(32)35-25-21-10-4-6-12-23(21)28-24-13-7-5-11-22(24)25/h1-17H,(H,30,31). The molecule has 0 aliphatic heterocycles. The topological polar surface area (TPSA) is 114 Å². The second-order valence-electron chi connectivity index (χ2n) is 7.78. The Kier molecular flexibility index (Phi) is 5.83. The van der Waals surface area contributed by atoms with Gasteiger partial charge < -0.3 is 9.84 Å². The van der Waals surface area contributed by atoms with Crippen molar-refractivity contribution in [2.75, 3.05) is 4.31 Å². The maximum Gasteiger partial charge on any atom is 0.434 e. The number of hydrogen-bond donors (Lipinski definition) is 1. The van der Waals surface area contributed by atoms with E-state index < -0.39 is 22.1 Å². The molecule has 1 N–H and O–H groups in total. The largest absolute Gasteiger partial charge is 0.478 e. The number of sulfonamides is 1. The second-order valence-corrected chi connectivity index (χ2v) is 9.56. The van der Waals surface area contributed by atoms with E-state index in [1.807, 2.05) is 0 Å². The second kappa shape index (κ2) is 9.12. The Labute approximate surface area is 206 Å². The Hall–Kier alpha value is -4.76. The Morgan fingerprint density at radius 1 is 0.722 bits per heavy atom. The zero-order valence-electron chi connectivity index (χ0n) is 18.6. The zero-order valence-corrected chi connectivity index (χ0v) is 19.4. The van der Waals surface area contributed by atoms with Gasteiger partial charge in [0.15, 0.2) is 5.75 Å². The van der Waals surface area contributed by atoms with Crippen LogP contribution in [0.5, 0.6) is 5.75 Å². The van der Waals surface area contributed by atoms with Gasteiger partial charge >= 0.3 is 12.1 Å². The zero-order chi connectivity index (χ0) is 25.3. The molecular formula is C27H18N2O6S. The number of ether oxygens (including phenoxy) is 1. The number of anilines is 1. The smallest absolute Gasteiger partial charge is 0.434 e. The lowest BCUT2D eigenvalue weighted by Gasteiger charge is -2.22. The normalized spacial score (nSPS) is 11.3. The van der Waals surface area contributed by atoms with E-state index >= 15 is 0 Å². The van der Waals surface area contributed by atoms with E-state index in [0.717, 1.165) is 24.3 Å². The van der Waals surface area contributed by atoms with Crippen LogP contribution in [0.4, 0.5) is 10.5 Å². The summed E-state index contributed by atoms with van der Waals surface area (Å²) in [5.74, 6) is -1.02. The first-order valence-corrected chi connectivity index (χ1v) is 12.2. The predicted molar refractivity (Wildman–Crippen MR) is 135 cm³/mol. The molecule has 0 radical (unpaired) electrons. The van der Waals surface area contributed by atoms with Crippen LogP contribution in [0.25, 0.3) is 21.8 Å². The number of carboxylic acids is 1. The van der Waals surface area contributed by atoms with Gasteiger partial charge in [0.2, 0.25) is 0 Å². The average Bonchev–Trinajstić information content (AvgIpc) is 2.89. The SMILES string of the molecule is O=C(O)c1ccc(S(=O)(=O)N(C(=O)Oc2c3ccccc3nc3ccccc23)c2ccccc2)cc1. The average molecular weight is 499 g/mol. The molecule has 1 heterocycles. The molecule has 0 saturated carbocycles. The van der Waals surface area contributed by atoms with E-state index in [0.29, 0.717) is 26.1 Å². The Morgan fingerprint density at radius 2 is 1.25 bits per heavy atom. The minimum Gasteiger partial charge on any atom is -0.478 e. The molecule has 8 nitrogen and oxygen atoms in total. The number of benzene rings is 4. The number of amides is 1. The van der Waals surface area contributed by atoms with Crippen molar-refractivity contribution < 1.29 is 27.9 Å². The Balaban J connectivity index is 1.64. The number of aromatic nitrogens is 1. The van der Waals surface area contributed by atoms with Gasteiger partial charge in [0.1, 0.15) is 0 Å². The molecule has 0 aliphatic rings. The van der Waals surface area contributed by atoms with Crippen LogP contribution in [-0.2, 0) is 10.0 Å². The summed E-state index contributed by atoms with van der Waals surface area (Å²) in [4.78, 5) is 29.1. The molecule has 0 spiro atoms. The van der Waals surface area contributed by atoms with Gasteiger partial charge in [-0.05, 0) is 60.7 Å². The number of hydrogen-bond acceptors (Lipinski definition) is 6. The van der Waals surface area contributed by atoms with E-state index in [-0.39, 0.29) is 21.9 Å². The van der Waals surface area contributed by atoms with Crippen molar-refractivity contribution in [3.05, 3.63) is 109 Å². The molecular weight excluding hydrogens is 480 g/mol. The molecule has 0 aliphatic carbocycles. The van der Waals surface area contributed by atoms with Gasteiger partial charge in [-0.1, -0.05) is 42.5 Å². The fraction of sp³-hybridized carbons (Fsp3) is 0. The summed E-state index contributed by atoms with van der Waals surface area (Å²) in [5, 5.41) is 10.2. The van der Waals surface area contributed by atoms with Gasteiger partial charge in [-0.3, -0.25) is 0 Å². The minimum absolute atomic E-state index is 0.0625. The van der Waals surface area contributed by atoms with Crippen LogP contribution >= 0.6 is 0 Å². The molecule has 0 unspecified atom stereocenters. The first-order valence-electron chi connectivity index (χ1n) is 10.8. The lowest BCUT2D eigenvalue weighted by molar-refractivity contribution is 0.0696. The van der Waals surface area contributed by atoms with Gasteiger partial charge in [0.05, 0.1) is 27.2 Å². The van der Waals surface area contributed by atoms with Crippen molar-refractivity contribution >= 4 is 49.6 Å². The molecule has 0 saturated heterocycles. The van der Waals surface area contributed by atoms with Crippen molar-refractivity contribution in [1.29, 1.82) is 0 Å². The summed E-state index contributed by atoms with van der Waals surface area (Å²) in [6.45, 7) is 0. The quantitative estimate of drug-likeness (QED) is 0.319. The molecule has 1 aromatic heterocycles. The van der Waals surface area contributed by atoms with Crippen LogP contribution in [0, 0.1) is 0 Å². The van der Waals surface area contributed by atoms with Crippen molar-refractivity contribution in [2.24, 2.45) is 0 Å². The van der Waals surface area contributed by atoms with Gasteiger partial charge in [0.25, 0.3) is 10.0 Å². The number of carbonyl (C=O) groups excluding carboxylic acids is 1. The molecule has 4 aromatic carbocycles. The van der Waals surface area contributed by atoms with Crippen LogP contribution in [0.1, 0.15) is 10.4 Å². The van der Waals surface area contributed by atoms with E-state index in [1.165, 1.54) is 12.1 Å². The third kappa shape index (κ3) is 4.12. The molecule has 178 valence electrons. The third-order valence-corrected chi connectivity index (χ3v) is 7.23. The van der Waals surface area contributed by atoms with Crippen LogP contribution in [-0.4, -0.2) is 30.6 Å². The Morgan fingerprint density at radius 3 is 1.81 bits per heavy atom. The van der Waals surface area contributed by atoms with Gasteiger partial charge in [-0.15, -0.1) is 0 Å². The van der Waals surface area contributed by atoms with Crippen molar-refractivity contribution in [2.45, 2.75) is 4.90 Å². The fourth-order valence-corrected chi connectivity index (χ4v) is 5.14. The summed E-state index contributed by atoms with van der Waals surface area (Å²) < 4.78 is 33.6. The monoisotopic (exact) mass is 498 g/mol. The van der Waals surface area contributed by atoms with Crippen LogP contribution < -0.4 is 9.04 Å². The van der Waals surface area contributed by atoms with Crippen LogP contribution in [0.2, 0.25) is 0 Å². The van der Waals surface area contributed by atoms with Gasteiger partial charge in [0, 0.05) is 10.8 Å². The first-order chi connectivity index (χ1) is 17.4. The molecule has 36 heavy (non-hydrogen) atoms. The highest BCUT2D eigenvalue weighted by Crippen LogP contribution is 2.34. The lowest BCUT2D eigenvalue weighted by atomic mass is 10.1. The summed E-state index contributed by atoms with van der Waals surface area (Å²) in [6, 6.07) is 26.6. The molecule has 5 rings (SSSR count). The summed E-state index contributed by atoms with van der Waals surface area (Å²) in [6.07, 6.45) is -1.15. The number of fused-ring (bicyclic) bond motifs is 2. The summed E-state index contributed by atoms with van der Waals surface area (Å²) >= 11 is 0. The third-order valence-electron chi connectivity index (χ3n) is 5.52. The van der Waals surface area contributed by atoms with E-state index in [1.54, 1.807) is 66.7 Å². The Bertz CT molecular complexity index is 1660. The lowest BCUT2D eigenvalue weighted by Crippen LogP contribution is -2.39. The van der Waals surface area contributed by atoms with Gasteiger partial charge in [-0.2, -0.15) is 4.31 Å². The highest BCUT2D eigenvalue weighted by molar-refractivity contribution is 7.93. The molecule has 9 heteroatoms. The maximum atomic E-state index is 13.6. The highest BCUT2D eigenvalue weighted by atomic mass is 32.2. The molecule has 0 bridgehead atoms. The number of pyridine rings is 1. The number of aromatic carboxylic acids is 1. The van der Waals surface area contributed by atoms with Crippen LogP contribution in [0.15, 0.2) is 108 Å². The predicted octanol–water partition coefficient (Wildman–Crippen LogP) is 5.48. The van der Waals surface area contributed by atoms with E-state index in [4.69, 9.17) is 9.84 Å². The number of carboxylic acid groups (broad SMARTS) is 1. The van der Waals surface area contributed by atoms with E-state index in [2.05, 4.69) is 4.98 Å². The van der Waals surface area contributed by atoms with E-state index in [9.17, 15) is 18.0 Å². The van der Waals surface area contributed by atoms with Crippen molar-refractivity contribution in [3.63, 3.8) is 0 Å². The minimum atomic E-state index is -4.47. The summed E-state index contributed by atoms with van der Waals surface area (Å²) in [7, 11) is -4.47. The maximum absolute atomic E-state index is 13.6. The van der Waals surface area contributed by atoms with Crippen molar-refractivity contribution in [3.8, 4) is 5.75 Å². The highest BCUT2D eigenvalue weighted by Gasteiger charge is 2.33. The molecule has 1 amide bonds. The van der Waals surface area contributed by atoms with Crippen molar-refractivity contribution in [1.82, 2.24) is 4.98 Å². The molecule has 0 fully saturated rings. The number of para-hydroxylation sites is 3. The molecule has 5 aromatic rings. The number of rotatable bonds is 5. The summed E-state index contributed by atoms with van der Waals surface area (Å²) in [5.41, 5.74) is 1.14.